The number of phenols is 2. The summed E-state index contributed by atoms with van der Waals surface area (Å²) in [4.78, 5) is 95.7. The Labute approximate surface area is 610 Å². The largest absolute Gasteiger partial charge is 0.508 e. The van der Waals surface area contributed by atoms with Gasteiger partial charge in [0.05, 0.1) is 36.1 Å². The van der Waals surface area contributed by atoms with Gasteiger partial charge in [-0.1, -0.05) is 126 Å². The van der Waals surface area contributed by atoms with Gasteiger partial charge < -0.3 is 73.4 Å². The minimum Gasteiger partial charge on any atom is -0.508 e. The zero-order valence-electron chi connectivity index (χ0n) is 60.8. The number of carbonyl (C=O) groups is 7. The fourth-order valence-electron chi connectivity index (χ4n) is 21.7. The number of carbonyl (C=O) groups excluding carboxylic acids is 7. The fraction of sp³-hybridized carbons (Fsp3) is 0.578. The van der Waals surface area contributed by atoms with Crippen LogP contribution < -0.4 is 11.1 Å². The molecule has 8 heterocycles. The summed E-state index contributed by atoms with van der Waals surface area (Å²) in [6.07, 6.45) is 0.741. The summed E-state index contributed by atoms with van der Waals surface area (Å²) in [6.45, 7) is 18.6. The van der Waals surface area contributed by atoms with E-state index >= 15 is 0 Å². The van der Waals surface area contributed by atoms with Gasteiger partial charge in [-0.05, 0) is 166 Å². The molecule has 1 amide bonds. The molecular weight excluding hydrogens is 1340 g/mol. The number of hydrogen-bond donors (Lipinski definition) is 4. The summed E-state index contributed by atoms with van der Waals surface area (Å²) in [5.41, 5.74) is 6.83. The van der Waals surface area contributed by atoms with Gasteiger partial charge in [-0.2, -0.15) is 0 Å². The van der Waals surface area contributed by atoms with Crippen molar-refractivity contribution in [3.05, 3.63) is 154 Å². The van der Waals surface area contributed by atoms with Crippen molar-refractivity contribution in [3.63, 3.8) is 0 Å². The maximum Gasteiger partial charge on any atom is 0.408 e. The number of benzene rings is 4. The number of ether oxygens (including phenoxy) is 11. The number of nitrogens with one attached hydrogen (secondary N) is 1. The van der Waals surface area contributed by atoms with Crippen LogP contribution in [0.4, 0.5) is 4.79 Å². The lowest BCUT2D eigenvalue weighted by atomic mass is 9.46. The number of cyclic esters (lactones) is 2. The zero-order valence-corrected chi connectivity index (χ0v) is 60.8. The summed E-state index contributed by atoms with van der Waals surface area (Å²) in [7, 11) is 0. The summed E-state index contributed by atoms with van der Waals surface area (Å²) in [5, 5.41) is 22.7. The lowest BCUT2D eigenvalue weighted by molar-refractivity contribution is -0.175. The van der Waals surface area contributed by atoms with Crippen molar-refractivity contribution in [2.75, 3.05) is 13.2 Å². The third-order valence-corrected chi connectivity index (χ3v) is 27.1. The molecule has 14 aliphatic rings. The highest BCUT2D eigenvalue weighted by molar-refractivity contribution is 5.94. The Kier molecular flexibility index (Phi) is 16.3. The highest BCUT2D eigenvalue weighted by atomic mass is 16.8. The maximum atomic E-state index is 14.9. The number of rotatable bonds is 21. The second-order valence-electron chi connectivity index (χ2n) is 34.3. The summed E-state index contributed by atoms with van der Waals surface area (Å²) < 4.78 is 70.6. The molecule has 22 atom stereocenters. The second kappa shape index (κ2) is 24.3. The molecule has 18 rings (SSSR count). The van der Waals surface area contributed by atoms with Gasteiger partial charge in [0, 0.05) is 34.8 Å². The number of hydrogen-bond acceptors (Lipinski definition) is 21. The predicted molar refractivity (Wildman–Crippen MR) is 373 cm³/mol. The van der Waals surface area contributed by atoms with E-state index in [1.54, 1.807) is 69.3 Å². The van der Waals surface area contributed by atoms with Gasteiger partial charge in [0.25, 0.3) is 0 Å². The fourth-order valence-corrected chi connectivity index (χ4v) is 21.7. The molecule has 8 aliphatic heterocycles. The summed E-state index contributed by atoms with van der Waals surface area (Å²) in [6, 6.07) is 30.4. The average Bonchev–Trinajstić information content (AvgIpc) is 1.42. The minimum atomic E-state index is -0.985. The Morgan fingerprint density at radius 1 is 0.543 bits per heavy atom. The molecule has 0 radical (unpaired) electrons. The quantitative estimate of drug-likeness (QED) is 0.0343. The Morgan fingerprint density at radius 3 is 1.37 bits per heavy atom. The van der Waals surface area contributed by atoms with Crippen LogP contribution in [0, 0.1) is 46.3 Å². The van der Waals surface area contributed by atoms with Crippen molar-refractivity contribution in [2.24, 2.45) is 52.1 Å². The SMILES string of the molecule is CC(C)[C@]12O[C@H]1[C@@H]1O[C@]13[C@]1(O[C@H]1C[C@H]1C4=C(CC[C@@]13C)C(=O)OC4)[C@@H]2OC(=O)[C@@H](CC(=O)[C@@H](N)Cc1ccccc1)Cc1ccc(O)cc1.CC(C)[C@]12O[C@H]1[C@@H]1O[C@]13[C@]1(O[C@H]1C[C@H]1C4=C(CC[C@@]13C)C(=O)OC4)[C@@H]2OC(=O)[C@@H](CC(=O)[C@H](Cc1ccccc1)NC(=O)OC(C)(C)C)Cc1ccc(O)cc1. The number of fused-ring (bicyclic) bond motifs is 8. The molecule has 6 saturated heterocycles. The molecular formula is C83H94N2O20. The molecule has 6 aliphatic carbocycles. The van der Waals surface area contributed by atoms with Gasteiger partial charge in [-0.15, -0.1) is 0 Å². The number of aromatic hydroxyl groups is 2. The number of ketones is 2. The lowest BCUT2D eigenvalue weighted by Crippen LogP contribution is -2.70. The molecule has 5 N–H and O–H groups in total. The van der Waals surface area contributed by atoms with Crippen molar-refractivity contribution in [1.29, 1.82) is 0 Å². The van der Waals surface area contributed by atoms with Gasteiger partial charge in [-0.3, -0.25) is 19.2 Å². The van der Waals surface area contributed by atoms with E-state index in [4.69, 9.17) is 57.8 Å². The van der Waals surface area contributed by atoms with E-state index in [-0.39, 0.29) is 139 Å². The smallest absolute Gasteiger partial charge is 0.408 e. The lowest BCUT2D eigenvalue weighted by Gasteiger charge is -2.53. The number of alkyl carbamates (subject to hydrolysis) is 1. The number of amides is 1. The molecule has 556 valence electrons. The number of nitrogens with two attached hydrogens (primary N) is 1. The van der Waals surface area contributed by atoms with Crippen LogP contribution in [0.2, 0.25) is 0 Å². The van der Waals surface area contributed by atoms with E-state index in [2.05, 4.69) is 46.9 Å². The number of epoxide rings is 6. The summed E-state index contributed by atoms with van der Waals surface area (Å²) in [5.74, 6) is -3.65. The van der Waals surface area contributed by atoms with E-state index in [0.29, 0.717) is 45.1 Å². The van der Waals surface area contributed by atoms with Crippen LogP contribution in [0.5, 0.6) is 11.5 Å². The zero-order chi connectivity index (χ0) is 73.7. The van der Waals surface area contributed by atoms with Crippen molar-refractivity contribution >= 4 is 41.5 Å². The summed E-state index contributed by atoms with van der Waals surface area (Å²) >= 11 is 0. The van der Waals surface area contributed by atoms with Gasteiger partial charge in [0.1, 0.15) is 77.1 Å². The van der Waals surface area contributed by atoms with E-state index in [0.717, 1.165) is 51.0 Å². The molecule has 22 heteroatoms. The molecule has 0 unspecified atom stereocenters. The predicted octanol–water partition coefficient (Wildman–Crippen LogP) is 9.06. The maximum absolute atomic E-state index is 14.9. The Bertz CT molecular complexity index is 4320. The van der Waals surface area contributed by atoms with Crippen LogP contribution in [0.15, 0.2) is 131 Å². The van der Waals surface area contributed by atoms with Gasteiger partial charge in [0.2, 0.25) is 0 Å². The van der Waals surface area contributed by atoms with Crippen LogP contribution in [0.25, 0.3) is 0 Å². The van der Waals surface area contributed by atoms with Crippen LogP contribution in [-0.2, 0) is 107 Å². The molecule has 0 aromatic heterocycles. The highest BCUT2D eigenvalue weighted by Crippen LogP contribution is 2.85. The third-order valence-electron chi connectivity index (χ3n) is 27.1. The van der Waals surface area contributed by atoms with Crippen molar-refractivity contribution in [3.8, 4) is 11.5 Å². The molecule has 0 bridgehead atoms. The third kappa shape index (κ3) is 10.5. The molecule has 4 saturated carbocycles. The Morgan fingerprint density at radius 2 is 0.952 bits per heavy atom. The highest BCUT2D eigenvalue weighted by Gasteiger charge is 3.03. The molecule has 105 heavy (non-hydrogen) atoms. The van der Waals surface area contributed by atoms with Crippen LogP contribution in [-0.4, -0.2) is 165 Å². The van der Waals surface area contributed by atoms with E-state index < -0.39 is 98.8 Å². The van der Waals surface area contributed by atoms with Crippen molar-refractivity contribution in [2.45, 2.75) is 239 Å². The first-order valence-electron chi connectivity index (χ1n) is 37.7. The number of Topliss-reactive ketones (excluding diaryl/α,β-unsaturated/α-hetero) is 2. The first kappa shape index (κ1) is 70.2. The van der Waals surface area contributed by atoms with Gasteiger partial charge in [-0.25, -0.2) is 14.4 Å². The Balaban J connectivity index is 0.000000156. The van der Waals surface area contributed by atoms with Crippen molar-refractivity contribution < 1.29 is 95.9 Å². The number of phenolic OH excluding ortho intramolecular Hbond substituents is 2. The standard InChI is InChI=1S/C44H51NO11.C39H43NO9/c1-23(2)42-34(54-42)35-44(55-35)41(6)17-16-28-29(22-51-37(28)49)30(41)21-33-43(44,53-33)38(42)52-36(48)26(18-25-12-14-27(46)15-13-25)20-32(47)31(19-24-10-8-7-9-11-24)45-39(50)56-40(3,4)5;1-20(2)37-31(48-37)32-39(49-32)36(3)14-13-25-26(19-45-34(25)44)27(36)18-30-38(39,47-30)35(37)46-33(43)23(15-22-9-11-24(41)12-10-22)17-29(42)28(40)16-21-7-5-4-6-8-21/h7-15,23,26,30-31,33-35,38,46H,16-22H2,1-6H3,(H,45,50);4-12,20,23,27-28,30-32,35,41H,13-19,40H2,1-3H3/t26-,30+,31+,33+,34+,35+,38-,41+,42+,43-,44-;23-,27+,28+,30+,31+,32+,35-,36+,37+,38-,39-/m11/s1. The molecule has 4 aromatic rings. The van der Waals surface area contributed by atoms with E-state index in [9.17, 15) is 43.8 Å². The van der Waals surface area contributed by atoms with Crippen LogP contribution in [0.3, 0.4) is 0 Å². The molecule has 10 fully saturated rings. The molecule has 22 nitrogen and oxygen atoms in total. The number of esters is 4. The molecule has 4 spiro atoms. The monoisotopic (exact) mass is 1440 g/mol. The van der Waals surface area contributed by atoms with E-state index in [1.807, 2.05) is 60.7 Å². The van der Waals surface area contributed by atoms with Gasteiger partial charge >= 0.3 is 30.0 Å². The topological polar surface area (TPSA) is 319 Å². The minimum absolute atomic E-state index is 0.000232. The van der Waals surface area contributed by atoms with Crippen molar-refractivity contribution in [1.82, 2.24) is 5.32 Å². The first-order valence-corrected chi connectivity index (χ1v) is 37.7. The first-order chi connectivity index (χ1) is 50.0. The Hall–Kier alpha value is -7.83. The average molecular weight is 1440 g/mol. The van der Waals surface area contributed by atoms with Crippen LogP contribution >= 0.6 is 0 Å². The van der Waals surface area contributed by atoms with Gasteiger partial charge in [0.15, 0.2) is 35.0 Å². The molecule has 4 aromatic carbocycles. The second-order valence-corrected chi connectivity index (χ2v) is 34.3. The normalized spacial score (nSPS) is 38.2. The van der Waals surface area contributed by atoms with E-state index in [1.165, 1.54) is 0 Å². The van der Waals surface area contributed by atoms with Crippen LogP contribution in [0.1, 0.15) is 136 Å².